The fourth-order valence-corrected chi connectivity index (χ4v) is 10.5. The predicted molar refractivity (Wildman–Crippen MR) is 277 cm³/mol. The van der Waals surface area contributed by atoms with Crippen molar-refractivity contribution in [2.45, 2.75) is 0 Å². The van der Waals surface area contributed by atoms with Crippen molar-refractivity contribution in [3.05, 3.63) is 231 Å². The lowest BCUT2D eigenvalue weighted by Crippen LogP contribution is -2.03. The lowest BCUT2D eigenvalue weighted by atomic mass is 9.96. The molecule has 0 atom stereocenters. The van der Waals surface area contributed by atoms with Crippen LogP contribution in [0.25, 0.3) is 133 Å². The molecule has 14 aromatic rings. The number of nitrogens with zero attached hydrogens (tertiary/aromatic N) is 4. The molecule has 4 heterocycles. The van der Waals surface area contributed by atoms with Crippen LogP contribution in [0.4, 0.5) is 0 Å². The third-order valence-electron chi connectivity index (χ3n) is 13.5. The zero-order valence-electron chi connectivity index (χ0n) is 36.1. The topological polar surface area (TPSA) is 48.8 Å². The van der Waals surface area contributed by atoms with Gasteiger partial charge in [-0.15, -0.1) is 0 Å². The van der Waals surface area contributed by atoms with E-state index in [9.17, 15) is 0 Å². The number of rotatable bonds is 6. The van der Waals surface area contributed by atoms with E-state index in [1.807, 2.05) is 0 Å². The van der Waals surface area contributed by atoms with Crippen LogP contribution in [0.1, 0.15) is 0 Å². The third-order valence-corrected chi connectivity index (χ3v) is 13.5. The quantitative estimate of drug-likeness (QED) is 0.167. The molecule has 10 aromatic carbocycles. The van der Waals surface area contributed by atoms with Gasteiger partial charge in [-0.1, -0.05) is 152 Å². The van der Waals surface area contributed by atoms with Crippen molar-refractivity contribution >= 4 is 76.5 Å². The fraction of sp³-hybridized carbons (Fsp3) is 0. The van der Waals surface area contributed by atoms with Gasteiger partial charge in [0.05, 0.1) is 33.3 Å². The van der Waals surface area contributed by atoms with Crippen molar-refractivity contribution in [2.24, 2.45) is 0 Å². The minimum atomic E-state index is 0.638. The van der Waals surface area contributed by atoms with Crippen LogP contribution in [-0.4, -0.2) is 19.1 Å². The van der Waals surface area contributed by atoms with Gasteiger partial charge in [0.15, 0.2) is 0 Å². The number of para-hydroxylation sites is 4. The predicted octanol–water partition coefficient (Wildman–Crippen LogP) is 16.4. The number of furan rings is 1. The SMILES string of the molecule is c1ccc(-c2cccc(-c3nc(-n4c5ccccc5c5cc(-c6ccc7oc8cccc(-c9ccc%10c(c9)c9ccccc9n%10-c9ccccc9)c8c7c6)ccc54)nc4ccccc34)c2)cc1. The molecule has 5 heteroatoms. The second-order valence-corrected chi connectivity index (χ2v) is 17.3. The van der Waals surface area contributed by atoms with Gasteiger partial charge in [-0.25, -0.2) is 9.97 Å². The summed E-state index contributed by atoms with van der Waals surface area (Å²) in [5, 5.41) is 7.95. The van der Waals surface area contributed by atoms with Crippen molar-refractivity contribution in [1.82, 2.24) is 19.1 Å². The van der Waals surface area contributed by atoms with Crippen LogP contribution in [-0.2, 0) is 0 Å². The van der Waals surface area contributed by atoms with Gasteiger partial charge in [-0.3, -0.25) is 4.57 Å². The summed E-state index contributed by atoms with van der Waals surface area (Å²) in [4.78, 5) is 10.6. The number of fused-ring (bicyclic) bond motifs is 10. The first-order valence-corrected chi connectivity index (χ1v) is 22.7. The molecule has 0 fully saturated rings. The summed E-state index contributed by atoms with van der Waals surface area (Å²) in [6, 6.07) is 82.0. The molecule has 0 amide bonds. The van der Waals surface area contributed by atoms with Crippen molar-refractivity contribution in [3.8, 4) is 56.3 Å². The Kier molecular flexibility index (Phi) is 8.21. The first-order chi connectivity index (χ1) is 33.2. The number of hydrogen-bond donors (Lipinski definition) is 0. The van der Waals surface area contributed by atoms with E-state index < -0.39 is 0 Å². The minimum Gasteiger partial charge on any atom is -0.456 e. The summed E-state index contributed by atoms with van der Waals surface area (Å²) in [6.45, 7) is 0. The maximum Gasteiger partial charge on any atom is 0.235 e. The van der Waals surface area contributed by atoms with Crippen molar-refractivity contribution in [3.63, 3.8) is 0 Å². The smallest absolute Gasteiger partial charge is 0.235 e. The minimum absolute atomic E-state index is 0.638. The Morgan fingerprint density at radius 3 is 1.66 bits per heavy atom. The molecule has 14 rings (SSSR count). The molecule has 0 aliphatic rings. The molecule has 0 saturated heterocycles. The molecule has 0 aliphatic carbocycles. The van der Waals surface area contributed by atoms with E-state index in [4.69, 9.17) is 14.4 Å². The molecular formula is C62H38N4O. The maximum atomic E-state index is 6.59. The molecule has 0 bridgehead atoms. The van der Waals surface area contributed by atoms with Crippen molar-refractivity contribution in [2.75, 3.05) is 0 Å². The standard InChI is InChI=1S/C62H38N4O/c1-3-15-39(16-4-1)40-17-13-18-44(35-40)61-49-23-7-10-25-53(49)63-62(64-61)66-55-27-12-9-22-48(55)50-36-41(29-32-57(50)66)42-31-34-58-52(37-42)60-46(24-14-28-59(60)67-58)43-30-33-56-51(38-43)47-21-8-11-26-54(47)65(56)45-19-5-2-6-20-45/h1-38H. The zero-order chi connectivity index (χ0) is 44.0. The molecule has 5 nitrogen and oxygen atoms in total. The van der Waals surface area contributed by atoms with E-state index in [-0.39, 0.29) is 0 Å². The van der Waals surface area contributed by atoms with Crippen molar-refractivity contribution < 1.29 is 4.42 Å². The fourth-order valence-electron chi connectivity index (χ4n) is 10.5. The molecule has 67 heavy (non-hydrogen) atoms. The average molecular weight is 855 g/mol. The summed E-state index contributed by atoms with van der Waals surface area (Å²) in [5.41, 5.74) is 17.1. The number of aromatic nitrogens is 4. The van der Waals surface area contributed by atoms with Crippen LogP contribution in [0.2, 0.25) is 0 Å². The molecule has 0 saturated carbocycles. The zero-order valence-corrected chi connectivity index (χ0v) is 36.1. The van der Waals surface area contributed by atoms with Crippen LogP contribution >= 0.6 is 0 Å². The van der Waals surface area contributed by atoms with Crippen LogP contribution < -0.4 is 0 Å². The number of benzene rings is 10. The molecule has 0 radical (unpaired) electrons. The summed E-state index contributed by atoms with van der Waals surface area (Å²) in [7, 11) is 0. The Labute approximate surface area is 385 Å². The van der Waals surface area contributed by atoms with Gasteiger partial charge in [-0.05, 0) is 112 Å². The first-order valence-electron chi connectivity index (χ1n) is 22.7. The van der Waals surface area contributed by atoms with Gasteiger partial charge in [0.2, 0.25) is 5.95 Å². The van der Waals surface area contributed by atoms with E-state index in [1.54, 1.807) is 0 Å². The highest BCUT2D eigenvalue weighted by molar-refractivity contribution is 6.16. The molecule has 0 aliphatic heterocycles. The highest BCUT2D eigenvalue weighted by Gasteiger charge is 2.20. The van der Waals surface area contributed by atoms with Crippen molar-refractivity contribution in [1.29, 1.82) is 0 Å². The van der Waals surface area contributed by atoms with Gasteiger partial charge in [0.25, 0.3) is 0 Å². The number of hydrogen-bond acceptors (Lipinski definition) is 3. The lowest BCUT2D eigenvalue weighted by molar-refractivity contribution is 0.669. The Hall–Kier alpha value is -9.06. The normalized spacial score (nSPS) is 11.9. The molecule has 0 unspecified atom stereocenters. The summed E-state index contributed by atoms with van der Waals surface area (Å²) >= 11 is 0. The molecule has 312 valence electrons. The lowest BCUT2D eigenvalue weighted by Gasteiger charge is -2.13. The average Bonchev–Trinajstić information content (AvgIpc) is 4.06. The van der Waals surface area contributed by atoms with Gasteiger partial charge >= 0.3 is 0 Å². The van der Waals surface area contributed by atoms with Crippen LogP contribution in [0.15, 0.2) is 235 Å². The second kappa shape index (κ2) is 14.7. The van der Waals surface area contributed by atoms with E-state index in [0.29, 0.717) is 5.95 Å². The van der Waals surface area contributed by atoms with Crippen LogP contribution in [0.5, 0.6) is 0 Å². The Morgan fingerprint density at radius 1 is 0.313 bits per heavy atom. The Bertz CT molecular complexity index is 4270. The highest BCUT2D eigenvalue weighted by atomic mass is 16.3. The highest BCUT2D eigenvalue weighted by Crippen LogP contribution is 2.42. The first kappa shape index (κ1) is 37.3. The maximum absolute atomic E-state index is 6.59. The Morgan fingerprint density at radius 2 is 0.866 bits per heavy atom. The monoisotopic (exact) mass is 854 g/mol. The molecule has 0 spiro atoms. The summed E-state index contributed by atoms with van der Waals surface area (Å²) in [5.74, 6) is 0.638. The van der Waals surface area contributed by atoms with E-state index >= 15 is 0 Å². The molecular weight excluding hydrogens is 817 g/mol. The Balaban J connectivity index is 0.908. The second-order valence-electron chi connectivity index (χ2n) is 17.3. The summed E-state index contributed by atoms with van der Waals surface area (Å²) in [6.07, 6.45) is 0. The summed E-state index contributed by atoms with van der Waals surface area (Å²) < 4.78 is 11.2. The van der Waals surface area contributed by atoms with Crippen LogP contribution in [0.3, 0.4) is 0 Å². The third kappa shape index (κ3) is 5.88. The van der Waals surface area contributed by atoms with E-state index in [2.05, 4.69) is 240 Å². The largest absolute Gasteiger partial charge is 0.456 e. The van der Waals surface area contributed by atoms with Gasteiger partial charge < -0.3 is 8.98 Å². The van der Waals surface area contributed by atoms with Gasteiger partial charge in [-0.2, -0.15) is 0 Å². The van der Waals surface area contributed by atoms with Crippen LogP contribution in [0, 0.1) is 0 Å². The van der Waals surface area contributed by atoms with Gasteiger partial charge in [0, 0.05) is 49.0 Å². The van der Waals surface area contributed by atoms with Gasteiger partial charge in [0.1, 0.15) is 11.2 Å². The van der Waals surface area contributed by atoms with E-state index in [1.165, 1.54) is 27.4 Å². The molecule has 0 N–H and O–H groups in total. The molecule has 4 aromatic heterocycles. The van der Waals surface area contributed by atoms with E-state index in [0.717, 1.165) is 99.4 Å².